The molecule has 0 fully saturated rings. The van der Waals surface area contributed by atoms with Crippen LogP contribution in [0.1, 0.15) is 0 Å². The van der Waals surface area contributed by atoms with Gasteiger partial charge in [0.05, 0.1) is 0 Å². The van der Waals surface area contributed by atoms with Crippen LogP contribution >= 0.6 is 0 Å². The molecule has 0 bridgehead atoms. The van der Waals surface area contributed by atoms with Crippen LogP contribution in [-0.2, 0) is 0 Å². The maximum atomic E-state index is 2.24. The fourth-order valence-corrected chi connectivity index (χ4v) is 1.90. The topological polar surface area (TPSA) is 0 Å². The average Bonchev–Trinajstić information content (AvgIpc) is 2.56. The van der Waals surface area contributed by atoms with E-state index < -0.39 is 0 Å². The van der Waals surface area contributed by atoms with Gasteiger partial charge in [0.25, 0.3) is 0 Å². The van der Waals surface area contributed by atoms with Gasteiger partial charge in [-0.1, -0.05) is 36.4 Å². The van der Waals surface area contributed by atoms with Crippen LogP contribution < -0.4 is 29.6 Å². The van der Waals surface area contributed by atoms with Crippen LogP contribution in [0.4, 0.5) is 0 Å². The van der Waals surface area contributed by atoms with Gasteiger partial charge in [-0.2, -0.15) is 0 Å². The summed E-state index contributed by atoms with van der Waals surface area (Å²) in [4.78, 5) is 0. The molecular formula is C13H9Na. The Morgan fingerprint density at radius 2 is 1.07 bits per heavy atom. The zero-order valence-electron chi connectivity index (χ0n) is 8.20. The van der Waals surface area contributed by atoms with Crippen LogP contribution in [0.3, 0.4) is 0 Å². The quantitative estimate of drug-likeness (QED) is 0.360. The van der Waals surface area contributed by atoms with E-state index in [-0.39, 0.29) is 29.6 Å². The summed E-state index contributed by atoms with van der Waals surface area (Å²) >= 11 is 0. The molecule has 0 atom stereocenters. The fourth-order valence-electron chi connectivity index (χ4n) is 1.90. The molecule has 0 amide bonds. The van der Waals surface area contributed by atoms with Crippen molar-refractivity contribution in [2.75, 3.05) is 0 Å². The smallest absolute Gasteiger partial charge is 0.126 e. The van der Waals surface area contributed by atoms with Crippen LogP contribution in [0, 0.1) is 0 Å². The van der Waals surface area contributed by atoms with Gasteiger partial charge in [0.1, 0.15) is 0 Å². The molecule has 0 N–H and O–H groups in total. The Bertz CT molecular complexity index is 513. The van der Waals surface area contributed by atoms with Gasteiger partial charge in [0.15, 0.2) is 0 Å². The van der Waals surface area contributed by atoms with Gasteiger partial charge >= 0.3 is 29.6 Å². The van der Waals surface area contributed by atoms with E-state index in [9.17, 15) is 0 Å². The fraction of sp³-hybridized carbons (Fsp3) is 0. The number of hydrogen-bond donors (Lipinski definition) is 0. The summed E-state index contributed by atoms with van der Waals surface area (Å²) in [6.45, 7) is 0. The van der Waals surface area contributed by atoms with Crippen molar-refractivity contribution >= 4 is 21.5 Å². The van der Waals surface area contributed by atoms with E-state index in [0.717, 1.165) is 0 Å². The molecule has 1 heteroatoms. The van der Waals surface area contributed by atoms with Crippen LogP contribution in [-0.4, -0.2) is 0 Å². The Kier molecular flexibility index (Phi) is 2.69. The molecule has 0 radical (unpaired) electrons. The first kappa shape index (κ1) is 9.85. The first-order valence-electron chi connectivity index (χ1n) is 4.48. The van der Waals surface area contributed by atoms with Gasteiger partial charge in [-0.3, -0.25) is 0 Å². The zero-order chi connectivity index (χ0) is 8.67. The van der Waals surface area contributed by atoms with Gasteiger partial charge < -0.3 is 0 Å². The van der Waals surface area contributed by atoms with E-state index in [4.69, 9.17) is 0 Å². The largest absolute Gasteiger partial charge is 1.00 e. The average molecular weight is 188 g/mol. The van der Waals surface area contributed by atoms with Crippen LogP contribution in [0.5, 0.6) is 0 Å². The van der Waals surface area contributed by atoms with Gasteiger partial charge in [-0.15, -0.1) is 39.7 Å². The Hall–Kier alpha value is -0.690. The molecule has 62 valence electrons. The summed E-state index contributed by atoms with van der Waals surface area (Å²) in [5.74, 6) is 0. The molecule has 14 heavy (non-hydrogen) atoms. The van der Waals surface area contributed by atoms with Crippen molar-refractivity contribution in [3.63, 3.8) is 0 Å². The van der Waals surface area contributed by atoms with Crippen molar-refractivity contribution in [1.82, 2.24) is 0 Å². The minimum absolute atomic E-state index is 0. The van der Waals surface area contributed by atoms with Crippen molar-refractivity contribution in [1.29, 1.82) is 0 Å². The second-order valence-corrected chi connectivity index (χ2v) is 3.32. The van der Waals surface area contributed by atoms with Crippen molar-refractivity contribution in [2.45, 2.75) is 0 Å². The van der Waals surface area contributed by atoms with Gasteiger partial charge in [-0.05, 0) is 0 Å². The minimum atomic E-state index is 0. The molecule has 0 aliphatic heterocycles. The summed E-state index contributed by atoms with van der Waals surface area (Å²) < 4.78 is 0. The Balaban J connectivity index is 0.000000750. The zero-order valence-corrected chi connectivity index (χ0v) is 10.2. The molecule has 0 aromatic heterocycles. The van der Waals surface area contributed by atoms with Crippen molar-refractivity contribution in [3.8, 4) is 0 Å². The Labute approximate surface area is 105 Å². The van der Waals surface area contributed by atoms with Crippen LogP contribution in [0.2, 0.25) is 0 Å². The third kappa shape index (κ3) is 1.40. The molecular weight excluding hydrogens is 179 g/mol. The van der Waals surface area contributed by atoms with Gasteiger partial charge in [0.2, 0.25) is 0 Å². The Morgan fingerprint density at radius 3 is 1.57 bits per heavy atom. The SMILES string of the molecule is [Na+].c1ccc2c(c1)[cH-]c1ccccc12. The van der Waals surface area contributed by atoms with E-state index in [1.807, 2.05) is 0 Å². The maximum absolute atomic E-state index is 2.24. The second-order valence-electron chi connectivity index (χ2n) is 3.32. The van der Waals surface area contributed by atoms with E-state index in [0.29, 0.717) is 0 Å². The summed E-state index contributed by atoms with van der Waals surface area (Å²) in [6, 6.07) is 19.3. The molecule has 0 saturated heterocycles. The third-order valence-electron chi connectivity index (χ3n) is 2.52. The molecule has 3 aromatic rings. The molecule has 0 nitrogen and oxygen atoms in total. The van der Waals surface area contributed by atoms with Crippen molar-refractivity contribution in [2.24, 2.45) is 0 Å². The molecule has 0 spiro atoms. The van der Waals surface area contributed by atoms with E-state index >= 15 is 0 Å². The predicted octanol–water partition coefficient (Wildman–Crippen LogP) is 0.716. The predicted molar refractivity (Wildman–Crippen MR) is 57.0 cm³/mol. The third-order valence-corrected chi connectivity index (χ3v) is 2.52. The number of hydrogen-bond acceptors (Lipinski definition) is 0. The van der Waals surface area contributed by atoms with Crippen molar-refractivity contribution < 1.29 is 29.6 Å². The summed E-state index contributed by atoms with van der Waals surface area (Å²) in [5, 5.41) is 5.39. The minimum Gasteiger partial charge on any atom is -0.126 e. The number of fused-ring (bicyclic) bond motifs is 3. The van der Waals surface area contributed by atoms with E-state index in [1.54, 1.807) is 0 Å². The van der Waals surface area contributed by atoms with Crippen LogP contribution in [0.25, 0.3) is 21.5 Å². The standard InChI is InChI=1S/C13H9.Na/c1-3-7-12-10(5-1)9-11-6-2-4-8-13(11)12;/h1-9H;/q-1;+1. The van der Waals surface area contributed by atoms with Crippen molar-refractivity contribution in [3.05, 3.63) is 54.6 Å². The summed E-state index contributed by atoms with van der Waals surface area (Å²) in [7, 11) is 0. The van der Waals surface area contributed by atoms with E-state index in [2.05, 4.69) is 54.6 Å². The maximum Gasteiger partial charge on any atom is 1.00 e. The van der Waals surface area contributed by atoms with Gasteiger partial charge in [0, 0.05) is 0 Å². The molecule has 0 aliphatic rings. The first-order valence-corrected chi connectivity index (χ1v) is 4.48. The van der Waals surface area contributed by atoms with Crippen LogP contribution in [0.15, 0.2) is 54.6 Å². The monoisotopic (exact) mass is 188 g/mol. The molecule has 0 aliphatic carbocycles. The second kappa shape index (κ2) is 3.82. The summed E-state index contributed by atoms with van der Waals surface area (Å²) in [5.41, 5.74) is 0. The summed E-state index contributed by atoms with van der Waals surface area (Å²) in [6.07, 6.45) is 0. The number of rotatable bonds is 0. The molecule has 3 aromatic carbocycles. The normalized spacial score (nSPS) is 10.3. The molecule has 0 heterocycles. The first-order chi connectivity index (χ1) is 6.45. The Morgan fingerprint density at radius 1 is 0.643 bits per heavy atom. The number of benzene rings is 2. The van der Waals surface area contributed by atoms with E-state index in [1.165, 1.54) is 21.5 Å². The van der Waals surface area contributed by atoms with Gasteiger partial charge in [-0.25, -0.2) is 0 Å². The molecule has 0 saturated carbocycles. The molecule has 0 unspecified atom stereocenters. The molecule has 3 rings (SSSR count).